The number of anilines is 1. The Morgan fingerprint density at radius 3 is 2.45 bits per heavy atom. The number of nitrogens with zero attached hydrogens (tertiary/aromatic N) is 3. The number of nitrogens with one attached hydrogen (secondary N) is 2. The number of fused-ring (bicyclic) bond motifs is 6. The number of amides is 1. The summed E-state index contributed by atoms with van der Waals surface area (Å²) in [6.07, 6.45) is 2.97. The van der Waals surface area contributed by atoms with Crippen LogP contribution in [0.3, 0.4) is 0 Å². The number of hydrogen-bond donors (Lipinski definition) is 3. The number of carbonyl (C=O) groups is 3. The second-order valence-electron chi connectivity index (χ2n) is 19.6. The molecule has 12 nitrogen and oxygen atoms in total. The summed E-state index contributed by atoms with van der Waals surface area (Å²) in [6, 6.07) is 15.0. The number of ether oxygens (including phenoxy) is 3. The zero-order valence-electron chi connectivity index (χ0n) is 38.8. The molecule has 6 heterocycles. The summed E-state index contributed by atoms with van der Waals surface area (Å²) in [7, 11) is 4.92. The van der Waals surface area contributed by atoms with Gasteiger partial charge < -0.3 is 34.5 Å². The number of aromatic amines is 1. The molecule has 4 aromatic rings. The molecule has 1 spiro atoms. The maximum atomic E-state index is 15.3. The minimum Gasteiger partial charge on any atom is -0.496 e. The van der Waals surface area contributed by atoms with Gasteiger partial charge in [0, 0.05) is 96.5 Å². The lowest BCUT2D eigenvalue weighted by Gasteiger charge is -2.64. The minimum atomic E-state index is -4.59. The van der Waals surface area contributed by atoms with Crippen molar-refractivity contribution in [2.24, 2.45) is 11.3 Å². The van der Waals surface area contributed by atoms with E-state index < -0.39 is 70.1 Å². The molecule has 2 bridgehead atoms. The number of benzene rings is 3. The van der Waals surface area contributed by atoms with Crippen LogP contribution in [0.4, 0.5) is 18.9 Å². The fraction of sp³-hybridized carbons (Fsp3) is 0.481. The van der Waals surface area contributed by atoms with E-state index in [4.69, 9.17) is 14.2 Å². The number of hydrogen-bond acceptors (Lipinski definition) is 10. The zero-order chi connectivity index (χ0) is 47.4. The van der Waals surface area contributed by atoms with Crippen molar-refractivity contribution in [2.45, 2.75) is 93.8 Å². The molecule has 1 saturated carbocycles. The van der Waals surface area contributed by atoms with Gasteiger partial charge in [-0.1, -0.05) is 55.8 Å². The molecule has 5 aliphatic heterocycles. The Morgan fingerprint density at radius 1 is 1.00 bits per heavy atom. The van der Waals surface area contributed by atoms with Gasteiger partial charge in [0.1, 0.15) is 22.9 Å². The van der Waals surface area contributed by atoms with Crippen molar-refractivity contribution in [3.8, 4) is 5.75 Å². The number of likely N-dealkylation sites (N-methyl/N-ethyl adjacent to an activating group) is 1. The van der Waals surface area contributed by atoms with Crippen LogP contribution in [0.5, 0.6) is 5.75 Å². The quantitative estimate of drug-likeness (QED) is 0.119. The van der Waals surface area contributed by atoms with E-state index in [0.29, 0.717) is 50.2 Å². The van der Waals surface area contributed by atoms with Crippen molar-refractivity contribution >= 4 is 34.4 Å². The molecular formula is C52H58F3N5O7. The molecule has 1 amide bonds. The second kappa shape index (κ2) is 16.0. The van der Waals surface area contributed by atoms with Gasteiger partial charge >= 0.3 is 18.1 Å². The second-order valence-corrected chi connectivity index (χ2v) is 19.6. The predicted molar refractivity (Wildman–Crippen MR) is 246 cm³/mol. The largest absolute Gasteiger partial charge is 0.496 e. The average Bonchev–Trinajstić information content (AvgIpc) is 3.97. The number of methoxy groups -OCH3 is 2. The van der Waals surface area contributed by atoms with Crippen molar-refractivity contribution < 1.29 is 46.9 Å². The van der Waals surface area contributed by atoms with Crippen molar-refractivity contribution in [2.75, 3.05) is 58.9 Å². The molecule has 3 aromatic carbocycles. The lowest BCUT2D eigenvalue weighted by atomic mass is 9.47. The van der Waals surface area contributed by atoms with E-state index in [9.17, 15) is 27.9 Å². The normalized spacial score (nSPS) is 31.7. The van der Waals surface area contributed by atoms with E-state index in [-0.39, 0.29) is 17.5 Å². The average molecular weight is 922 g/mol. The van der Waals surface area contributed by atoms with Crippen LogP contribution in [0.1, 0.15) is 84.8 Å². The number of H-pyrrole nitrogens is 1. The Morgan fingerprint density at radius 2 is 1.76 bits per heavy atom. The third-order valence-corrected chi connectivity index (χ3v) is 16.4. The van der Waals surface area contributed by atoms with Crippen molar-refractivity contribution in [1.29, 1.82) is 0 Å². The molecule has 1 unspecified atom stereocenters. The van der Waals surface area contributed by atoms with Crippen molar-refractivity contribution in [3.05, 3.63) is 118 Å². The smallest absolute Gasteiger partial charge is 0.416 e. The van der Waals surface area contributed by atoms with Gasteiger partial charge in [-0.15, -0.1) is 0 Å². The van der Waals surface area contributed by atoms with Crippen LogP contribution >= 0.6 is 0 Å². The van der Waals surface area contributed by atoms with Crippen LogP contribution in [-0.2, 0) is 42.6 Å². The zero-order valence-corrected chi connectivity index (χ0v) is 38.8. The van der Waals surface area contributed by atoms with Gasteiger partial charge in [0.05, 0.1) is 32.4 Å². The van der Waals surface area contributed by atoms with E-state index in [1.165, 1.54) is 19.6 Å². The topological polar surface area (TPSA) is 137 Å². The number of rotatable bonds is 9. The Hall–Kier alpha value is -5.64. The highest BCUT2D eigenvalue weighted by atomic mass is 19.4. The van der Waals surface area contributed by atoms with Gasteiger partial charge in [-0.25, -0.2) is 0 Å². The Kier molecular flexibility index (Phi) is 10.8. The molecule has 15 heteroatoms. The molecule has 9 atom stereocenters. The summed E-state index contributed by atoms with van der Waals surface area (Å²) >= 11 is 0. The predicted octanol–water partition coefficient (Wildman–Crippen LogP) is 7.03. The first-order chi connectivity index (χ1) is 32.0. The van der Waals surface area contributed by atoms with Crippen LogP contribution in [0.25, 0.3) is 10.9 Å². The minimum absolute atomic E-state index is 0.0235. The summed E-state index contributed by atoms with van der Waals surface area (Å²) in [5.41, 5.74) is 0.0783. The number of carbonyl (C=O) groups excluding carboxylic acids is 3. The van der Waals surface area contributed by atoms with Gasteiger partial charge in [-0.2, -0.15) is 13.2 Å². The van der Waals surface area contributed by atoms with Crippen LogP contribution in [-0.4, -0.2) is 116 Å². The van der Waals surface area contributed by atoms with Gasteiger partial charge in [0.15, 0.2) is 0 Å². The van der Waals surface area contributed by atoms with Crippen LogP contribution < -0.4 is 15.0 Å². The first-order valence-corrected chi connectivity index (χ1v) is 23.3. The van der Waals surface area contributed by atoms with Crippen LogP contribution in [0.2, 0.25) is 0 Å². The highest BCUT2D eigenvalue weighted by Crippen LogP contribution is 2.68. The monoisotopic (exact) mass is 921 g/mol. The highest BCUT2D eigenvalue weighted by molar-refractivity contribution is 5.95. The number of aromatic nitrogens is 1. The maximum Gasteiger partial charge on any atom is 0.416 e. The highest BCUT2D eigenvalue weighted by Gasteiger charge is 2.78. The van der Waals surface area contributed by atoms with Gasteiger partial charge in [-0.3, -0.25) is 24.2 Å². The van der Waals surface area contributed by atoms with Gasteiger partial charge in [-0.05, 0) is 85.7 Å². The summed E-state index contributed by atoms with van der Waals surface area (Å²) in [4.78, 5) is 53.2. The molecule has 10 rings (SSSR count). The molecule has 1 aliphatic carbocycles. The standard InChI is InChI=1S/C52H58F3N5O7/c1-7-31-22-32-25-50(47(63)66-6,42-36(28-59(26-31)27-32)35-12-9-10-13-39(35)57-42)38-23-37-40(24-41(38)65-5)58(4)45-49(37)19-21-60-20-11-18-48(8-2,44(49)60)46(67-30(3)61)51(45,64)29-56-43(62)33-14-16-34(17-15-33)52(53,54)55/h9-18,22-24,32,44-46,57,64H,7-8,19-21,25-29H2,1-6H3,(H,56,62)/t32-,44-,45+,46+,48+,49+,50-,51-/m0/s1. The molecular weight excluding hydrogens is 864 g/mol. The fourth-order valence-electron chi connectivity index (χ4n) is 13.9. The molecule has 1 aromatic heterocycles. The third kappa shape index (κ3) is 6.46. The van der Waals surface area contributed by atoms with Crippen molar-refractivity contribution in [1.82, 2.24) is 20.1 Å². The van der Waals surface area contributed by atoms with E-state index in [1.54, 1.807) is 7.11 Å². The maximum absolute atomic E-state index is 15.3. The van der Waals surface area contributed by atoms with Gasteiger partial charge in [0.25, 0.3) is 5.91 Å². The first-order valence-electron chi connectivity index (χ1n) is 23.3. The molecule has 3 N–H and O–H groups in total. The first kappa shape index (κ1) is 45.2. The molecule has 2 fully saturated rings. The fourth-order valence-corrected chi connectivity index (χ4v) is 13.9. The third-order valence-electron chi connectivity index (χ3n) is 16.4. The molecule has 0 radical (unpaired) electrons. The number of para-hydroxylation sites is 1. The summed E-state index contributed by atoms with van der Waals surface area (Å²) in [5, 5.41) is 17.8. The molecule has 354 valence electrons. The summed E-state index contributed by atoms with van der Waals surface area (Å²) < 4.78 is 59.2. The van der Waals surface area contributed by atoms with Crippen LogP contribution in [0.15, 0.2) is 84.5 Å². The summed E-state index contributed by atoms with van der Waals surface area (Å²) in [6.45, 7) is 8.53. The Balaban J connectivity index is 1.20. The number of halogens is 3. The number of alkyl halides is 3. The summed E-state index contributed by atoms with van der Waals surface area (Å²) in [5.74, 6) is -1.30. The van der Waals surface area contributed by atoms with Gasteiger partial charge in [0.2, 0.25) is 0 Å². The lowest BCUT2D eigenvalue weighted by molar-refractivity contribution is -0.216. The number of esters is 2. The molecule has 6 aliphatic rings. The SMILES string of the molecule is CCC1=C[C@@H]2CN(C1)Cc1c([nH]c3ccccc13)[C@@](C(=O)OC)(c1cc3c(cc1OC)N(C)[C@H]1[C@@](O)(CNC(=O)c4ccc(C(F)(F)F)cc4)[C@H](OC(C)=O)[C@]4(CC)C=CCN5CC[C@]31[C@@H]54)C2. The van der Waals surface area contributed by atoms with Crippen molar-refractivity contribution in [3.63, 3.8) is 0 Å². The lowest BCUT2D eigenvalue weighted by Crippen LogP contribution is -2.81. The van der Waals surface area contributed by atoms with E-state index >= 15 is 4.79 Å². The Labute approximate surface area is 388 Å². The van der Waals surface area contributed by atoms with E-state index in [2.05, 4.69) is 57.4 Å². The van der Waals surface area contributed by atoms with Crippen LogP contribution in [0, 0.1) is 11.3 Å². The molecule has 1 saturated heterocycles. The molecule has 67 heavy (non-hydrogen) atoms. The Bertz CT molecular complexity index is 2730. The van der Waals surface area contributed by atoms with E-state index in [0.717, 1.165) is 77.2 Å². The number of aliphatic hydroxyl groups is 1. The van der Waals surface area contributed by atoms with E-state index in [1.807, 2.05) is 43.1 Å².